The van der Waals surface area contributed by atoms with Gasteiger partial charge in [0.2, 0.25) is 0 Å². The number of methoxy groups -OCH3 is 1. The summed E-state index contributed by atoms with van der Waals surface area (Å²) in [6.07, 6.45) is 0.870. The zero-order valence-corrected chi connectivity index (χ0v) is 14.3. The third kappa shape index (κ3) is 18.8. The van der Waals surface area contributed by atoms with Crippen LogP contribution in [0.3, 0.4) is 0 Å². The lowest BCUT2D eigenvalue weighted by atomic mass is 10.1. The number of aldehydes is 1. The van der Waals surface area contributed by atoms with Crippen molar-refractivity contribution in [1.82, 2.24) is 0 Å². The van der Waals surface area contributed by atoms with Crippen LogP contribution < -0.4 is 0 Å². The highest BCUT2D eigenvalue weighted by Gasteiger charge is 1.90. The third-order valence-electron chi connectivity index (χ3n) is 1.75. The van der Waals surface area contributed by atoms with E-state index in [1.54, 1.807) is 14.2 Å². The summed E-state index contributed by atoms with van der Waals surface area (Å²) in [7, 11) is 3.25. The van der Waals surface area contributed by atoms with E-state index in [0.29, 0.717) is 5.92 Å². The van der Waals surface area contributed by atoms with E-state index in [2.05, 4.69) is 30.4 Å². The van der Waals surface area contributed by atoms with Gasteiger partial charge in [0.15, 0.2) is 0 Å². The molecule has 0 fully saturated rings. The molecule has 114 valence electrons. The molecule has 0 amide bonds. The first-order valence-electron chi connectivity index (χ1n) is 6.86. The van der Waals surface area contributed by atoms with Crippen molar-refractivity contribution >= 4 is 6.29 Å². The van der Waals surface area contributed by atoms with Crippen molar-refractivity contribution in [1.29, 1.82) is 0 Å². The van der Waals surface area contributed by atoms with Crippen LogP contribution in [-0.4, -0.2) is 20.5 Å². The minimum absolute atomic E-state index is 0.537. The number of benzene rings is 1. The topological polar surface area (TPSA) is 26.3 Å². The molecule has 0 spiro atoms. The second kappa shape index (κ2) is 19.7. The highest BCUT2D eigenvalue weighted by molar-refractivity contribution is 5.76. The Morgan fingerprint density at radius 3 is 1.80 bits per heavy atom. The molecule has 0 unspecified atom stereocenters. The quantitative estimate of drug-likeness (QED) is 0.547. The highest BCUT2D eigenvalue weighted by atomic mass is 16.4. The van der Waals surface area contributed by atoms with E-state index in [-0.39, 0.29) is 0 Å². The molecule has 0 atom stereocenters. The molecule has 1 aromatic carbocycles. The van der Waals surface area contributed by atoms with E-state index in [4.69, 9.17) is 0 Å². The van der Waals surface area contributed by atoms with Crippen LogP contribution >= 0.6 is 0 Å². The maximum Gasteiger partial charge on any atom is 0.150 e. The van der Waals surface area contributed by atoms with Gasteiger partial charge >= 0.3 is 0 Å². The summed E-state index contributed by atoms with van der Waals surface area (Å²) in [5, 5.41) is 0. The fourth-order valence-electron chi connectivity index (χ4n) is 1.01. The average molecular weight is 278 g/mol. The lowest BCUT2D eigenvalue weighted by Gasteiger charge is -1.92. The first-order chi connectivity index (χ1) is 9.53. The fraction of sp³-hybridized carbons (Fsp3) is 0.500. The van der Waals surface area contributed by atoms with Gasteiger partial charge in [0.25, 0.3) is 0 Å². The molecule has 2 heteroatoms. The van der Waals surface area contributed by atoms with Crippen molar-refractivity contribution in [2.45, 2.75) is 41.5 Å². The summed E-state index contributed by atoms with van der Waals surface area (Å²) >= 11 is 0. The first-order valence-corrected chi connectivity index (χ1v) is 6.86. The Hall–Kier alpha value is -1.59. The first kappa shape index (κ1) is 23.5. The van der Waals surface area contributed by atoms with Gasteiger partial charge in [-0.2, -0.15) is 0 Å². The van der Waals surface area contributed by atoms with E-state index < -0.39 is 0 Å². The van der Waals surface area contributed by atoms with Gasteiger partial charge in [-0.3, -0.25) is 4.79 Å². The fourth-order valence-corrected chi connectivity index (χ4v) is 1.01. The molecule has 0 aromatic heterocycles. The van der Waals surface area contributed by atoms with Crippen molar-refractivity contribution in [3.8, 4) is 11.8 Å². The van der Waals surface area contributed by atoms with Gasteiger partial charge in [-0.15, -0.1) is 11.8 Å². The van der Waals surface area contributed by atoms with Crippen LogP contribution in [0.15, 0.2) is 24.3 Å². The van der Waals surface area contributed by atoms with Gasteiger partial charge in [0, 0.05) is 25.7 Å². The van der Waals surface area contributed by atoms with E-state index in [9.17, 15) is 4.79 Å². The summed E-state index contributed by atoms with van der Waals surface area (Å²) in [5.41, 5.74) is 1.81. The Morgan fingerprint density at radius 2 is 1.60 bits per heavy atom. The number of aryl methyl sites for hydroxylation is 1. The molecule has 0 heterocycles. The third-order valence-corrected chi connectivity index (χ3v) is 1.75. The second-order valence-electron chi connectivity index (χ2n) is 3.93. The number of carbonyl (C=O) groups is 1. The molecule has 2 nitrogen and oxygen atoms in total. The molecule has 0 saturated heterocycles. The zero-order valence-electron chi connectivity index (χ0n) is 14.3. The van der Waals surface area contributed by atoms with E-state index >= 15 is 0 Å². The largest absolute Gasteiger partial charge is 0.388 e. The van der Waals surface area contributed by atoms with Gasteiger partial charge in [-0.1, -0.05) is 52.0 Å². The summed E-state index contributed by atoms with van der Waals surface area (Å²) in [5.74, 6) is 6.31. The molecule has 0 aliphatic carbocycles. The molecule has 0 saturated carbocycles. The average Bonchev–Trinajstić information content (AvgIpc) is 2.43. The van der Waals surface area contributed by atoms with Gasteiger partial charge in [-0.25, -0.2) is 0 Å². The molecule has 20 heavy (non-hydrogen) atoms. The van der Waals surface area contributed by atoms with Gasteiger partial charge in [0.1, 0.15) is 6.29 Å². The van der Waals surface area contributed by atoms with Crippen molar-refractivity contribution in [3.05, 3.63) is 35.4 Å². The predicted octanol–water partition coefficient (Wildman–Crippen LogP) is 4.76. The maximum atomic E-state index is 10.2. The molecule has 0 N–H and O–H groups in total. The van der Waals surface area contributed by atoms with Crippen molar-refractivity contribution in [2.75, 3.05) is 14.2 Å². The van der Waals surface area contributed by atoms with Crippen LogP contribution in [-0.2, 0) is 4.74 Å². The van der Waals surface area contributed by atoms with Crippen molar-refractivity contribution < 1.29 is 9.53 Å². The van der Waals surface area contributed by atoms with Crippen LogP contribution in [0.4, 0.5) is 0 Å². The number of ether oxygens (including phenoxy) is 1. The molecule has 0 radical (unpaired) electrons. The Labute approximate surface area is 125 Å². The minimum Gasteiger partial charge on any atom is -0.388 e. The number of hydrogen-bond acceptors (Lipinski definition) is 2. The SMILES string of the molecule is CC.CC#CC(C)C.COC.Cc1ccccc1C=O. The Balaban J connectivity index is -0.000000229. The van der Waals surface area contributed by atoms with E-state index in [1.807, 2.05) is 52.0 Å². The number of carbonyl (C=O) groups excluding carboxylic acids is 1. The zero-order chi connectivity index (χ0) is 16.4. The number of hydrogen-bond donors (Lipinski definition) is 0. The monoisotopic (exact) mass is 278 g/mol. The van der Waals surface area contributed by atoms with Gasteiger partial charge < -0.3 is 4.74 Å². The van der Waals surface area contributed by atoms with Crippen molar-refractivity contribution in [2.24, 2.45) is 5.92 Å². The normalized spacial score (nSPS) is 7.45. The summed E-state index contributed by atoms with van der Waals surface area (Å²) in [6, 6.07) is 7.51. The maximum absolute atomic E-state index is 10.2. The summed E-state index contributed by atoms with van der Waals surface area (Å²) in [6.45, 7) is 11.9. The molecular formula is C18H30O2. The van der Waals surface area contributed by atoms with Crippen LogP contribution in [0.5, 0.6) is 0 Å². The Kier molecular flexibility index (Phi) is 23.2. The second-order valence-corrected chi connectivity index (χ2v) is 3.93. The van der Waals surface area contributed by atoms with Crippen LogP contribution in [0.25, 0.3) is 0 Å². The Morgan fingerprint density at radius 1 is 1.15 bits per heavy atom. The number of rotatable bonds is 1. The summed E-state index contributed by atoms with van der Waals surface area (Å²) < 4.78 is 4.25. The smallest absolute Gasteiger partial charge is 0.150 e. The molecule has 0 aliphatic rings. The minimum atomic E-state index is 0.537. The molecule has 0 bridgehead atoms. The summed E-state index contributed by atoms with van der Waals surface area (Å²) in [4.78, 5) is 10.2. The van der Waals surface area contributed by atoms with Crippen LogP contribution in [0.2, 0.25) is 0 Å². The Bertz CT molecular complexity index is 370. The standard InChI is InChI=1S/C8H8O.C6H10.C2H6O.C2H6/c1-7-4-2-3-5-8(7)6-9;1-4-5-6(2)3;1-3-2;1-2/h2-6H,1H3;6H,1-3H3;1-2H3;1-2H3. The van der Waals surface area contributed by atoms with Crippen molar-refractivity contribution in [3.63, 3.8) is 0 Å². The van der Waals surface area contributed by atoms with Crippen LogP contribution in [0, 0.1) is 24.7 Å². The molecule has 1 aromatic rings. The molecule has 0 aliphatic heterocycles. The van der Waals surface area contributed by atoms with Gasteiger partial charge in [-0.05, 0) is 19.4 Å². The predicted molar refractivity (Wildman–Crippen MR) is 89.1 cm³/mol. The van der Waals surface area contributed by atoms with E-state index in [1.165, 1.54) is 0 Å². The van der Waals surface area contributed by atoms with Gasteiger partial charge in [0.05, 0.1) is 0 Å². The highest BCUT2D eigenvalue weighted by Crippen LogP contribution is 2.02. The lowest BCUT2D eigenvalue weighted by molar-refractivity contribution is 0.112. The van der Waals surface area contributed by atoms with Crippen LogP contribution in [0.1, 0.15) is 50.5 Å². The van der Waals surface area contributed by atoms with E-state index in [0.717, 1.165) is 17.4 Å². The molecular weight excluding hydrogens is 248 g/mol. The lowest BCUT2D eigenvalue weighted by Crippen LogP contribution is -1.82. The molecule has 1 rings (SSSR count).